The van der Waals surface area contributed by atoms with E-state index in [1.54, 1.807) is 9.36 Å². The van der Waals surface area contributed by atoms with Gasteiger partial charge >= 0.3 is 0 Å². The van der Waals surface area contributed by atoms with Crippen LogP contribution in [0, 0.1) is 6.92 Å². The number of hydrogen-bond donors (Lipinski definition) is 1. The van der Waals surface area contributed by atoms with E-state index in [0.717, 1.165) is 15.7 Å². The van der Waals surface area contributed by atoms with Gasteiger partial charge in [-0.3, -0.25) is 19.2 Å². The number of nitrogens with one attached hydrogen (secondary N) is 1. The van der Waals surface area contributed by atoms with Gasteiger partial charge in [0.05, 0.1) is 17.4 Å². The van der Waals surface area contributed by atoms with Crippen molar-refractivity contribution in [2.75, 3.05) is 12.4 Å². The minimum Gasteiger partial charge on any atom is -0.319 e. The van der Waals surface area contributed by atoms with Gasteiger partial charge in [-0.1, -0.05) is 52.3 Å². The molecule has 0 fully saturated rings. The third kappa shape index (κ3) is 4.36. The van der Waals surface area contributed by atoms with Gasteiger partial charge in [0.15, 0.2) is 0 Å². The van der Waals surface area contributed by atoms with Crippen LogP contribution in [0.3, 0.4) is 0 Å². The van der Waals surface area contributed by atoms with Crippen LogP contribution in [-0.2, 0) is 18.4 Å². The predicted molar refractivity (Wildman–Crippen MR) is 119 cm³/mol. The molecule has 1 amide bonds. The van der Waals surface area contributed by atoms with Crippen LogP contribution < -0.4 is 10.9 Å². The van der Waals surface area contributed by atoms with Crippen LogP contribution in [0.4, 0.5) is 5.69 Å². The van der Waals surface area contributed by atoms with Gasteiger partial charge in [0.2, 0.25) is 5.91 Å². The van der Waals surface area contributed by atoms with Gasteiger partial charge in [0, 0.05) is 18.1 Å². The van der Waals surface area contributed by atoms with Crippen LogP contribution in [-0.4, -0.2) is 33.3 Å². The van der Waals surface area contributed by atoms with Gasteiger partial charge in [-0.05, 0) is 44.7 Å². The van der Waals surface area contributed by atoms with Crippen molar-refractivity contribution in [1.82, 2.24) is 14.3 Å². The number of likely N-dealkylation sites (N-methyl/N-ethyl adjacent to an activating group) is 1. The maximum absolute atomic E-state index is 13.0. The number of carbonyl (C=O) groups excluding carboxylic acids is 1. The predicted octanol–water partition coefficient (Wildman–Crippen LogP) is 3.71. The molecule has 0 spiro atoms. The van der Waals surface area contributed by atoms with Crippen LogP contribution in [0.25, 0.3) is 5.69 Å². The molecule has 29 heavy (non-hydrogen) atoms. The number of amides is 1. The molecule has 2 aromatic carbocycles. The van der Waals surface area contributed by atoms with E-state index in [0.29, 0.717) is 17.9 Å². The molecule has 7 heteroatoms. The highest BCUT2D eigenvalue weighted by Gasteiger charge is 2.23. The lowest BCUT2D eigenvalue weighted by atomic mass is 10.2. The number of benzene rings is 2. The Morgan fingerprint density at radius 3 is 2.41 bits per heavy atom. The molecule has 1 atom stereocenters. The highest BCUT2D eigenvalue weighted by atomic mass is 79.9. The number of anilines is 1. The summed E-state index contributed by atoms with van der Waals surface area (Å²) < 4.78 is 4.31. The zero-order valence-corrected chi connectivity index (χ0v) is 18.6. The van der Waals surface area contributed by atoms with E-state index >= 15 is 0 Å². The minimum absolute atomic E-state index is 0.217. The maximum Gasteiger partial charge on any atom is 0.295 e. The Balaban J connectivity index is 1.80. The van der Waals surface area contributed by atoms with Crippen molar-refractivity contribution in [2.45, 2.75) is 26.4 Å². The van der Waals surface area contributed by atoms with Crippen molar-refractivity contribution >= 4 is 27.5 Å². The number of nitrogens with zero attached hydrogens (tertiary/aromatic N) is 3. The Kier molecular flexibility index (Phi) is 6.39. The second-order valence-corrected chi connectivity index (χ2v) is 7.96. The molecule has 1 N–H and O–H groups in total. The Bertz CT molecular complexity index is 1070. The fourth-order valence-corrected chi connectivity index (χ4v) is 3.58. The van der Waals surface area contributed by atoms with Crippen LogP contribution in [0.2, 0.25) is 0 Å². The van der Waals surface area contributed by atoms with Gasteiger partial charge in [-0.25, -0.2) is 4.68 Å². The molecule has 0 saturated heterocycles. The quantitative estimate of drug-likeness (QED) is 0.614. The molecular weight excluding hydrogens is 432 g/mol. The number of hydrogen-bond acceptors (Lipinski definition) is 3. The first kappa shape index (κ1) is 21.1. The summed E-state index contributed by atoms with van der Waals surface area (Å²) in [4.78, 5) is 27.8. The van der Waals surface area contributed by atoms with E-state index < -0.39 is 6.04 Å². The molecule has 3 aromatic rings. The topological polar surface area (TPSA) is 59.3 Å². The third-order valence-electron chi connectivity index (χ3n) is 5.22. The number of aromatic nitrogens is 2. The molecule has 0 aliphatic carbocycles. The van der Waals surface area contributed by atoms with E-state index in [2.05, 4.69) is 21.2 Å². The fourth-order valence-electron chi connectivity index (χ4n) is 3.17. The second kappa shape index (κ2) is 8.80. The smallest absolute Gasteiger partial charge is 0.295 e. The van der Waals surface area contributed by atoms with E-state index in [9.17, 15) is 9.59 Å². The summed E-state index contributed by atoms with van der Waals surface area (Å²) in [6.07, 6.45) is 0. The van der Waals surface area contributed by atoms with Crippen molar-refractivity contribution in [3.8, 4) is 5.69 Å². The van der Waals surface area contributed by atoms with Crippen molar-refractivity contribution < 1.29 is 4.79 Å². The first-order valence-corrected chi connectivity index (χ1v) is 10.2. The van der Waals surface area contributed by atoms with Crippen molar-refractivity contribution in [3.63, 3.8) is 0 Å². The highest BCUT2D eigenvalue weighted by molar-refractivity contribution is 9.10. The Hall–Kier alpha value is -2.64. The maximum atomic E-state index is 13.0. The number of rotatable bonds is 6. The highest BCUT2D eigenvalue weighted by Crippen LogP contribution is 2.19. The molecule has 0 radical (unpaired) electrons. The first-order valence-electron chi connectivity index (χ1n) is 9.39. The van der Waals surface area contributed by atoms with Gasteiger partial charge in [-0.2, -0.15) is 0 Å². The van der Waals surface area contributed by atoms with Gasteiger partial charge < -0.3 is 5.32 Å². The minimum atomic E-state index is -0.411. The average Bonchev–Trinajstić information content (AvgIpc) is 2.92. The Morgan fingerprint density at radius 1 is 1.14 bits per heavy atom. The molecule has 6 nitrogen and oxygen atoms in total. The molecule has 0 aliphatic heterocycles. The van der Waals surface area contributed by atoms with E-state index in [1.807, 2.05) is 87.4 Å². The molecule has 1 unspecified atom stereocenters. The standard InChI is InChI=1S/C22H25BrN4O2/c1-15-20(22(29)27(26(15)4)18-11-6-5-7-12-18)24-21(28)16(2)25(3)14-17-10-8-9-13-19(17)23/h5-13,16H,14H2,1-4H3,(H,24,28). The van der Waals surface area contributed by atoms with E-state index in [-0.39, 0.29) is 11.5 Å². The van der Waals surface area contributed by atoms with Crippen LogP contribution in [0.1, 0.15) is 18.2 Å². The summed E-state index contributed by atoms with van der Waals surface area (Å²) in [5, 5.41) is 2.84. The van der Waals surface area contributed by atoms with Gasteiger partial charge in [0.1, 0.15) is 5.69 Å². The SMILES string of the molecule is Cc1c(NC(=O)C(C)N(C)Cc2ccccc2Br)c(=O)n(-c2ccccc2)n1C. The second-order valence-electron chi connectivity index (χ2n) is 7.11. The molecule has 1 aromatic heterocycles. The van der Waals surface area contributed by atoms with Crippen LogP contribution in [0.5, 0.6) is 0 Å². The number of carbonyl (C=O) groups is 1. The normalized spacial score (nSPS) is 12.2. The Labute approximate surface area is 178 Å². The van der Waals surface area contributed by atoms with Crippen LogP contribution in [0.15, 0.2) is 63.9 Å². The first-order chi connectivity index (χ1) is 13.8. The summed E-state index contributed by atoms with van der Waals surface area (Å²) in [6, 6.07) is 16.9. The lowest BCUT2D eigenvalue weighted by Gasteiger charge is -2.24. The monoisotopic (exact) mass is 456 g/mol. The van der Waals surface area contributed by atoms with E-state index in [4.69, 9.17) is 0 Å². The summed E-state index contributed by atoms with van der Waals surface area (Å²) >= 11 is 3.54. The van der Waals surface area contributed by atoms with Crippen molar-refractivity contribution in [2.24, 2.45) is 7.05 Å². The zero-order chi connectivity index (χ0) is 21.1. The summed E-state index contributed by atoms with van der Waals surface area (Å²) in [5.74, 6) is -0.217. The summed E-state index contributed by atoms with van der Waals surface area (Å²) in [7, 11) is 3.70. The lowest BCUT2D eigenvalue weighted by molar-refractivity contribution is -0.120. The van der Waals surface area contributed by atoms with Crippen LogP contribution >= 0.6 is 15.9 Å². The average molecular weight is 457 g/mol. The van der Waals surface area contributed by atoms with Gasteiger partial charge in [-0.15, -0.1) is 0 Å². The third-order valence-corrected chi connectivity index (χ3v) is 5.99. The van der Waals surface area contributed by atoms with Crippen molar-refractivity contribution in [3.05, 3.63) is 80.7 Å². The molecule has 152 valence electrons. The largest absolute Gasteiger partial charge is 0.319 e. The molecule has 1 heterocycles. The zero-order valence-electron chi connectivity index (χ0n) is 17.0. The van der Waals surface area contributed by atoms with Crippen molar-refractivity contribution in [1.29, 1.82) is 0 Å². The molecular formula is C22H25BrN4O2. The Morgan fingerprint density at radius 2 is 1.76 bits per heavy atom. The molecule has 0 saturated carbocycles. The molecule has 3 rings (SSSR count). The lowest BCUT2D eigenvalue weighted by Crippen LogP contribution is -2.40. The summed E-state index contributed by atoms with van der Waals surface area (Å²) in [5.41, 5.74) is 2.61. The fraction of sp³-hybridized carbons (Fsp3) is 0.273. The summed E-state index contributed by atoms with van der Waals surface area (Å²) in [6.45, 7) is 4.27. The van der Waals surface area contributed by atoms with E-state index in [1.165, 1.54) is 0 Å². The molecule has 0 aliphatic rings. The number of halogens is 1. The van der Waals surface area contributed by atoms with Gasteiger partial charge in [0.25, 0.3) is 5.56 Å². The molecule has 0 bridgehead atoms. The number of para-hydroxylation sites is 1.